The molecular formula is C68H66N6O+2. The predicted molar refractivity (Wildman–Crippen MR) is 312 cm³/mol. The van der Waals surface area contributed by atoms with Crippen LogP contribution in [-0.2, 0) is 0 Å². The van der Waals surface area contributed by atoms with Gasteiger partial charge in [0.1, 0.15) is 11.3 Å². The molecule has 0 spiro atoms. The Bertz CT molecular complexity index is 3410. The highest BCUT2D eigenvalue weighted by molar-refractivity contribution is 6.37. The van der Waals surface area contributed by atoms with Gasteiger partial charge in [0.25, 0.3) is 0 Å². The third kappa shape index (κ3) is 11.1. The second kappa shape index (κ2) is 22.4. The molecule has 0 aliphatic carbocycles. The lowest BCUT2D eigenvalue weighted by atomic mass is 9.97. The molecule has 7 aliphatic rings. The van der Waals surface area contributed by atoms with Crippen LogP contribution in [-0.4, -0.2) is 52.3 Å². The summed E-state index contributed by atoms with van der Waals surface area (Å²) in [6, 6.07) is 34.7. The third-order valence-corrected chi connectivity index (χ3v) is 14.5. The minimum atomic E-state index is 0.701. The van der Waals surface area contributed by atoms with Crippen LogP contribution in [0.3, 0.4) is 0 Å². The van der Waals surface area contributed by atoms with Gasteiger partial charge in [-0.1, -0.05) is 134 Å². The van der Waals surface area contributed by atoms with E-state index in [1.54, 1.807) is 0 Å². The number of ether oxygens (including phenoxy) is 1. The summed E-state index contributed by atoms with van der Waals surface area (Å²) in [5, 5.41) is 0. The average Bonchev–Trinajstić information content (AvgIpc) is 4.28. The first kappa shape index (κ1) is 48.8. The summed E-state index contributed by atoms with van der Waals surface area (Å²) < 4.78 is 6.37. The molecule has 4 aromatic carbocycles. The highest BCUT2D eigenvalue weighted by atomic mass is 16.5. The molecule has 0 fully saturated rings. The van der Waals surface area contributed by atoms with E-state index in [1.807, 2.05) is 0 Å². The highest BCUT2D eigenvalue weighted by Crippen LogP contribution is 2.36. The van der Waals surface area contributed by atoms with Crippen molar-refractivity contribution in [2.45, 2.75) is 72.6 Å². The molecule has 0 saturated heterocycles. The molecule has 372 valence electrons. The van der Waals surface area contributed by atoms with Gasteiger partial charge in [0, 0.05) is 67.8 Å². The second-order valence-corrected chi connectivity index (χ2v) is 20.3. The molecule has 7 heterocycles. The van der Waals surface area contributed by atoms with E-state index in [0.29, 0.717) is 6.61 Å². The molecule has 4 aromatic rings. The summed E-state index contributed by atoms with van der Waals surface area (Å²) in [5.74, 6) is 0.880. The Kier molecular flexibility index (Phi) is 14.6. The van der Waals surface area contributed by atoms with Crippen molar-refractivity contribution in [3.63, 3.8) is 0 Å². The lowest BCUT2D eigenvalue weighted by molar-refractivity contribution is -0.388. The van der Waals surface area contributed by atoms with Crippen molar-refractivity contribution in [2.24, 2.45) is 9.98 Å². The van der Waals surface area contributed by atoms with Gasteiger partial charge in [-0.3, -0.25) is 0 Å². The molecule has 0 aromatic heterocycles. The van der Waals surface area contributed by atoms with Crippen LogP contribution in [0.25, 0.3) is 22.3 Å². The van der Waals surface area contributed by atoms with E-state index in [9.17, 15) is 0 Å². The highest BCUT2D eigenvalue weighted by Gasteiger charge is 2.33. The van der Waals surface area contributed by atoms with Crippen LogP contribution < -0.4 is 14.7 Å². The van der Waals surface area contributed by atoms with Gasteiger partial charge in [-0.25, -0.2) is 20.0 Å². The zero-order chi connectivity index (χ0) is 51.1. The number of hydrogen-bond acceptors (Lipinski definition) is 5. The molecule has 0 amide bonds. The molecular weight excluding hydrogens is 917 g/mol. The first-order chi connectivity index (χ1) is 36.8. The fourth-order valence-electron chi connectivity index (χ4n) is 10.7. The standard InChI is InChI=1S/C68H64N6O/c1-5-37-73-39-33-50(34-40-73)51-35-41-74(42-36-51)38-10-8-6-7-9-11-43-75-56-23-21-52(22-24-56)65-57-25-27-59(69-57)66(53-18-12-15-47(2)44-53)61-29-31-63(71-61)68(55-20-14-17-49(4)46-55)64-32-30-62(72-64)67(60-28-26-58(65)70-60)54-19-13-16-48(3)45-54/h12-36,39-42,44-46H,5-11,37-38,43H2,1-4H3/p+2. The van der Waals surface area contributed by atoms with Crippen molar-refractivity contribution in [1.29, 1.82) is 0 Å². The van der Waals surface area contributed by atoms with Gasteiger partial charge >= 0.3 is 0 Å². The second-order valence-electron chi connectivity index (χ2n) is 20.3. The monoisotopic (exact) mass is 983 g/mol. The quantitative estimate of drug-likeness (QED) is 0.110. The summed E-state index contributed by atoms with van der Waals surface area (Å²) in [4.78, 5) is 23.4. The molecule has 2 N–H and O–H groups in total. The summed E-state index contributed by atoms with van der Waals surface area (Å²) in [7, 11) is 0. The van der Waals surface area contributed by atoms with Gasteiger partial charge in [-0.2, -0.15) is 0 Å². The molecule has 7 heteroatoms. The van der Waals surface area contributed by atoms with Gasteiger partial charge < -0.3 is 14.5 Å². The summed E-state index contributed by atoms with van der Waals surface area (Å²) >= 11 is 0. The molecule has 0 saturated carbocycles. The Morgan fingerprint density at radius 1 is 0.427 bits per heavy atom. The summed E-state index contributed by atoms with van der Waals surface area (Å²) in [6.07, 6.45) is 43.4. The van der Waals surface area contributed by atoms with Crippen LogP contribution in [0.4, 0.5) is 0 Å². The molecule has 0 unspecified atom stereocenters. The Morgan fingerprint density at radius 2 is 0.907 bits per heavy atom. The van der Waals surface area contributed by atoms with Crippen LogP contribution in [0.2, 0.25) is 0 Å². The van der Waals surface area contributed by atoms with Gasteiger partial charge in [0.2, 0.25) is 22.8 Å². The first-order valence-corrected chi connectivity index (χ1v) is 26.9. The van der Waals surface area contributed by atoms with E-state index in [0.717, 1.165) is 128 Å². The van der Waals surface area contributed by atoms with Crippen molar-refractivity contribution in [2.75, 3.05) is 19.7 Å². The predicted octanol–water partition coefficient (Wildman–Crippen LogP) is 11.9. The molecule has 7 aliphatic heterocycles. The van der Waals surface area contributed by atoms with E-state index < -0.39 is 0 Å². The topological polar surface area (TPSA) is 68.4 Å². The van der Waals surface area contributed by atoms with Crippen molar-refractivity contribution < 1.29 is 14.7 Å². The van der Waals surface area contributed by atoms with Crippen LogP contribution in [0.5, 0.6) is 5.75 Å². The fraction of sp³-hybridized carbons (Fsp3) is 0.206. The number of fused-ring (bicyclic) bond motifs is 4. The number of benzene rings is 4. The number of aliphatic imine (C=N–C) groups is 2. The number of nitrogens with one attached hydrogen (secondary N) is 2. The Hall–Kier alpha value is -8.42. The van der Waals surface area contributed by atoms with E-state index in [4.69, 9.17) is 14.7 Å². The minimum absolute atomic E-state index is 0.701. The maximum Gasteiger partial charge on any atom is 0.218 e. The smallest absolute Gasteiger partial charge is 0.218 e. The van der Waals surface area contributed by atoms with Crippen LogP contribution in [0.15, 0.2) is 239 Å². The van der Waals surface area contributed by atoms with Gasteiger partial charge in [-0.15, -0.1) is 0 Å². The number of aryl methyl sites for hydroxylation is 3. The molecule has 0 radical (unpaired) electrons. The Morgan fingerprint density at radius 3 is 1.48 bits per heavy atom. The van der Waals surface area contributed by atoms with E-state index in [2.05, 4.69) is 242 Å². The first-order valence-electron chi connectivity index (χ1n) is 26.9. The number of hydrogen-bond donors (Lipinski definition) is 2. The summed E-state index contributed by atoms with van der Waals surface area (Å²) in [5.41, 5.74) is 22.1. The third-order valence-electron chi connectivity index (χ3n) is 14.5. The summed E-state index contributed by atoms with van der Waals surface area (Å²) in [6.45, 7) is 11.4. The molecule has 11 rings (SSSR count). The number of rotatable bonds is 16. The minimum Gasteiger partial charge on any atom is -0.494 e. The maximum atomic E-state index is 6.37. The van der Waals surface area contributed by atoms with Crippen molar-refractivity contribution >= 4 is 45.1 Å². The maximum absolute atomic E-state index is 6.37. The zero-order valence-electron chi connectivity index (χ0n) is 43.7. The number of nitrogens with zero attached hydrogens (tertiary/aromatic N) is 4. The van der Waals surface area contributed by atoms with Gasteiger partial charge in [-0.05, 0) is 134 Å². The molecule has 7 nitrogen and oxygen atoms in total. The van der Waals surface area contributed by atoms with Gasteiger partial charge in [0.05, 0.1) is 40.6 Å². The van der Waals surface area contributed by atoms with Crippen LogP contribution >= 0.6 is 0 Å². The Labute approximate surface area is 443 Å². The SMILES string of the molecule is CCCN1C=CC(=C2C=CN(CCCCCCCCOc3ccc(C4=C5C=CC(=[NH+]5)C(c5cccc(C)c5)=C5C=CC(=N5)C(c5cccc(C)c5)=C5C=CC(=N5)C(c5cccc(C)c5)=C5C=CC4=[NH+]5)cc3)C=C2)C=C1. The zero-order valence-corrected chi connectivity index (χ0v) is 43.7. The number of allylic oxidation sites excluding steroid dienone is 18. The van der Waals surface area contributed by atoms with E-state index in [-0.39, 0.29) is 0 Å². The molecule has 75 heavy (non-hydrogen) atoms. The van der Waals surface area contributed by atoms with Crippen molar-refractivity contribution in [1.82, 2.24) is 9.80 Å². The Balaban J connectivity index is 0.828. The lowest BCUT2D eigenvalue weighted by Crippen LogP contribution is -2.71. The van der Waals surface area contributed by atoms with Crippen molar-refractivity contribution in [3.8, 4) is 5.75 Å². The van der Waals surface area contributed by atoms with Crippen molar-refractivity contribution in [3.05, 3.63) is 268 Å². The van der Waals surface area contributed by atoms with Crippen LogP contribution in [0.1, 0.15) is 90.8 Å². The van der Waals surface area contributed by atoms with Crippen LogP contribution in [0, 0.1) is 20.8 Å². The lowest BCUT2D eigenvalue weighted by Gasteiger charge is -2.21. The largest absolute Gasteiger partial charge is 0.494 e. The molecule has 0 atom stereocenters. The normalized spacial score (nSPS) is 17.4. The fourth-order valence-corrected chi connectivity index (χ4v) is 10.7. The average molecular weight is 983 g/mol. The number of unbranched alkanes of at least 4 members (excludes halogenated alkanes) is 5. The van der Waals surface area contributed by atoms with E-state index in [1.165, 1.54) is 53.5 Å². The van der Waals surface area contributed by atoms with Gasteiger partial charge in [0.15, 0.2) is 0 Å². The van der Waals surface area contributed by atoms with E-state index >= 15 is 0 Å². The molecule has 8 bridgehead atoms.